The lowest BCUT2D eigenvalue weighted by molar-refractivity contribution is -0.302. The zero-order chi connectivity index (χ0) is 15.5. The summed E-state index contributed by atoms with van der Waals surface area (Å²) in [6, 6.07) is 20.2. The predicted molar refractivity (Wildman–Crippen MR) is 87.4 cm³/mol. The van der Waals surface area contributed by atoms with Crippen LogP contribution in [-0.2, 0) is 4.79 Å². The van der Waals surface area contributed by atoms with Gasteiger partial charge in [-0.15, -0.1) is 0 Å². The summed E-state index contributed by atoms with van der Waals surface area (Å²) in [5, 5.41) is 13.7. The molecule has 0 atom stereocenters. The van der Waals surface area contributed by atoms with E-state index in [1.165, 1.54) is 0 Å². The fraction of sp³-hybridized carbons (Fsp3) is 0.278. The molecule has 2 nitrogen and oxygen atoms in total. The van der Waals surface area contributed by atoms with Crippen molar-refractivity contribution in [2.24, 2.45) is 0 Å². The van der Waals surface area contributed by atoms with Crippen molar-refractivity contribution in [3.8, 4) is 0 Å². The van der Waals surface area contributed by atoms with Crippen molar-refractivity contribution in [1.29, 1.82) is 0 Å². The number of benzene rings is 2. The van der Waals surface area contributed by atoms with Crippen LogP contribution in [0.1, 0.15) is 20.8 Å². The lowest BCUT2D eigenvalue weighted by Gasteiger charge is -2.44. The normalized spacial score (nSPS) is 12.1. The van der Waals surface area contributed by atoms with Gasteiger partial charge in [-0.1, -0.05) is 91.8 Å². The zero-order valence-electron chi connectivity index (χ0n) is 12.8. The van der Waals surface area contributed by atoms with Crippen LogP contribution in [0, 0.1) is 0 Å². The van der Waals surface area contributed by atoms with E-state index >= 15 is 0 Å². The number of carbonyl (C=O) groups is 1. The fourth-order valence-electron chi connectivity index (χ4n) is 3.16. The fourth-order valence-corrected chi connectivity index (χ4v) is 8.12. The Kier molecular flexibility index (Phi) is 4.33. The molecule has 0 heterocycles. The summed E-state index contributed by atoms with van der Waals surface area (Å²) in [4.78, 5) is 11.5. The van der Waals surface area contributed by atoms with E-state index in [-0.39, 0.29) is 11.1 Å². The number of hydrogen-bond acceptors (Lipinski definition) is 2. The molecule has 0 unspecified atom stereocenters. The van der Waals surface area contributed by atoms with Crippen molar-refractivity contribution in [2.75, 3.05) is 0 Å². The molecule has 0 bridgehead atoms. The molecule has 0 saturated heterocycles. The van der Waals surface area contributed by atoms with E-state index in [9.17, 15) is 9.90 Å². The number of hydrogen-bond donors (Lipinski definition) is 0. The quantitative estimate of drug-likeness (QED) is 0.807. The second kappa shape index (κ2) is 5.86. The third-order valence-electron chi connectivity index (χ3n) is 4.22. The number of aliphatic carboxylic acids is 1. The van der Waals surface area contributed by atoms with Gasteiger partial charge in [-0.2, -0.15) is 0 Å². The topological polar surface area (TPSA) is 40.1 Å². The van der Waals surface area contributed by atoms with Crippen molar-refractivity contribution in [2.45, 2.75) is 31.9 Å². The third-order valence-corrected chi connectivity index (χ3v) is 10.2. The smallest absolute Gasteiger partial charge is 0.128 e. The van der Waals surface area contributed by atoms with Crippen LogP contribution >= 0.6 is 0 Å². The number of carboxylic acid groups (broad SMARTS) is 1. The summed E-state index contributed by atoms with van der Waals surface area (Å²) >= 11 is 0. The minimum atomic E-state index is -2.47. The first-order valence-electron chi connectivity index (χ1n) is 7.19. The van der Waals surface area contributed by atoms with Crippen molar-refractivity contribution < 1.29 is 9.90 Å². The average molecular weight is 297 g/mol. The number of carbonyl (C=O) groups excluding carboxylic acids is 1. The SMILES string of the molecule is CC(C)(C)[Si](CC(=O)[O-])(c1ccccc1)c1ccccc1. The van der Waals surface area contributed by atoms with Crippen molar-refractivity contribution in [3.63, 3.8) is 0 Å². The molecule has 0 aliphatic carbocycles. The van der Waals surface area contributed by atoms with E-state index < -0.39 is 14.0 Å². The average Bonchev–Trinajstić information content (AvgIpc) is 2.45. The van der Waals surface area contributed by atoms with Gasteiger partial charge in [0.05, 0.1) is 0 Å². The first-order valence-corrected chi connectivity index (χ1v) is 9.39. The second-order valence-electron chi connectivity index (χ2n) is 6.44. The molecule has 0 amide bonds. The van der Waals surface area contributed by atoms with Gasteiger partial charge in [-0.3, -0.25) is 0 Å². The Bertz CT molecular complexity index is 561. The van der Waals surface area contributed by atoms with E-state index in [2.05, 4.69) is 45.0 Å². The molecule has 0 N–H and O–H groups in total. The molecular weight excluding hydrogens is 276 g/mol. The Morgan fingerprint density at radius 1 is 0.905 bits per heavy atom. The summed E-state index contributed by atoms with van der Waals surface area (Å²) in [5.41, 5.74) is 0. The molecule has 2 rings (SSSR count). The van der Waals surface area contributed by atoms with Gasteiger partial charge < -0.3 is 9.90 Å². The summed E-state index contributed by atoms with van der Waals surface area (Å²) in [5.74, 6) is -0.968. The summed E-state index contributed by atoms with van der Waals surface area (Å²) in [6.45, 7) is 6.42. The molecule has 3 heteroatoms. The van der Waals surface area contributed by atoms with Gasteiger partial charge >= 0.3 is 0 Å². The maximum Gasteiger partial charge on any atom is 0.128 e. The molecule has 0 aliphatic rings. The molecule has 110 valence electrons. The number of carboxylic acids is 1. The van der Waals surface area contributed by atoms with Gasteiger partial charge in [0.2, 0.25) is 0 Å². The summed E-state index contributed by atoms with van der Waals surface area (Å²) in [6.07, 6.45) is 0. The van der Waals surface area contributed by atoms with Crippen LogP contribution in [0.3, 0.4) is 0 Å². The lowest BCUT2D eigenvalue weighted by atomic mass is 10.2. The molecule has 0 radical (unpaired) electrons. The minimum Gasteiger partial charge on any atom is -0.550 e. The molecule has 0 saturated carbocycles. The van der Waals surface area contributed by atoms with Crippen molar-refractivity contribution in [1.82, 2.24) is 0 Å². The molecule has 0 aliphatic heterocycles. The van der Waals surface area contributed by atoms with Gasteiger partial charge in [0.1, 0.15) is 8.07 Å². The highest BCUT2D eigenvalue weighted by atomic mass is 28.3. The predicted octanol–water partition coefficient (Wildman–Crippen LogP) is 1.80. The highest BCUT2D eigenvalue weighted by Crippen LogP contribution is 2.38. The number of rotatable bonds is 4. The van der Waals surface area contributed by atoms with Crippen LogP contribution < -0.4 is 15.5 Å². The Hall–Kier alpha value is -1.87. The Labute approximate surface area is 127 Å². The monoisotopic (exact) mass is 297 g/mol. The standard InChI is InChI=1S/C18H22O2Si/c1-18(2,3)21(14-17(19)20,15-10-6-4-7-11-15)16-12-8-5-9-13-16/h4-13H,14H2,1-3H3,(H,19,20)/p-1. The summed E-state index contributed by atoms with van der Waals surface area (Å²) in [7, 11) is -2.47. The highest BCUT2D eigenvalue weighted by Gasteiger charge is 2.47. The maximum atomic E-state index is 11.5. The molecule has 2 aromatic rings. The first kappa shape index (κ1) is 15.5. The van der Waals surface area contributed by atoms with Crippen LogP contribution in [0.4, 0.5) is 0 Å². The summed E-state index contributed by atoms with van der Waals surface area (Å²) < 4.78 is 0. The van der Waals surface area contributed by atoms with Crippen LogP contribution in [0.15, 0.2) is 60.7 Å². The molecule has 0 fully saturated rings. The lowest BCUT2D eigenvalue weighted by Crippen LogP contribution is -2.66. The van der Waals surface area contributed by atoms with Crippen LogP contribution in [0.5, 0.6) is 0 Å². The first-order chi connectivity index (χ1) is 9.88. The van der Waals surface area contributed by atoms with Crippen LogP contribution in [-0.4, -0.2) is 14.0 Å². The largest absolute Gasteiger partial charge is 0.550 e. The van der Waals surface area contributed by atoms with Gasteiger partial charge in [0.25, 0.3) is 0 Å². The molecular formula is C18H21O2Si-. The van der Waals surface area contributed by atoms with Gasteiger partial charge in [0.15, 0.2) is 0 Å². The van der Waals surface area contributed by atoms with Gasteiger partial charge in [-0.25, -0.2) is 0 Å². The Balaban J connectivity index is 2.75. The van der Waals surface area contributed by atoms with Crippen molar-refractivity contribution in [3.05, 3.63) is 60.7 Å². The molecule has 21 heavy (non-hydrogen) atoms. The second-order valence-corrected chi connectivity index (χ2v) is 11.3. The van der Waals surface area contributed by atoms with Gasteiger partial charge in [0, 0.05) is 5.97 Å². The van der Waals surface area contributed by atoms with E-state index in [0.717, 1.165) is 10.4 Å². The van der Waals surface area contributed by atoms with Crippen molar-refractivity contribution >= 4 is 24.4 Å². The third kappa shape index (κ3) is 2.93. The Morgan fingerprint density at radius 3 is 1.57 bits per heavy atom. The molecule has 0 aromatic heterocycles. The minimum absolute atomic E-state index is 0.102. The van der Waals surface area contributed by atoms with Crippen LogP contribution in [0.2, 0.25) is 11.1 Å². The highest BCUT2D eigenvalue weighted by molar-refractivity contribution is 7.05. The zero-order valence-corrected chi connectivity index (χ0v) is 13.8. The van der Waals surface area contributed by atoms with Gasteiger partial charge in [-0.05, 0) is 11.1 Å². The maximum absolute atomic E-state index is 11.5. The molecule has 0 spiro atoms. The van der Waals surface area contributed by atoms with E-state index in [1.54, 1.807) is 0 Å². The van der Waals surface area contributed by atoms with E-state index in [0.29, 0.717) is 0 Å². The van der Waals surface area contributed by atoms with E-state index in [1.807, 2.05) is 36.4 Å². The Morgan fingerprint density at radius 2 is 1.29 bits per heavy atom. The van der Waals surface area contributed by atoms with Crippen LogP contribution in [0.25, 0.3) is 0 Å². The van der Waals surface area contributed by atoms with E-state index in [4.69, 9.17) is 0 Å². The molecule has 2 aromatic carbocycles.